The molecule has 1 aromatic carbocycles. The number of hydrogen-bond donors (Lipinski definition) is 2. The highest BCUT2D eigenvalue weighted by molar-refractivity contribution is 5.85. The number of amides is 1. The van der Waals surface area contributed by atoms with Crippen LogP contribution in [0.3, 0.4) is 0 Å². The molecule has 1 saturated heterocycles. The van der Waals surface area contributed by atoms with Crippen LogP contribution >= 0.6 is 12.4 Å². The van der Waals surface area contributed by atoms with E-state index < -0.39 is 6.04 Å². The molecule has 2 heterocycles. The number of rotatable bonds is 7. The minimum atomic E-state index is -0.571. The van der Waals surface area contributed by atoms with Crippen molar-refractivity contribution in [2.24, 2.45) is 0 Å². The fourth-order valence-corrected chi connectivity index (χ4v) is 3.05. The summed E-state index contributed by atoms with van der Waals surface area (Å²) >= 11 is 0. The molecule has 1 aliphatic heterocycles. The minimum Gasteiger partial charge on any atom is -0.353 e. The lowest BCUT2D eigenvalue weighted by Crippen LogP contribution is -2.47. The van der Waals surface area contributed by atoms with Crippen LogP contribution in [0.4, 0.5) is 4.39 Å². The molecule has 1 unspecified atom stereocenters. The fraction of sp³-hybridized carbons (Fsp3) is 0.529. The number of nitrogens with zero attached hydrogens (tertiary/aromatic N) is 5. The van der Waals surface area contributed by atoms with Crippen LogP contribution in [0.5, 0.6) is 0 Å². The molecule has 1 aromatic heterocycles. The number of piperazine rings is 1. The Balaban J connectivity index is 0.00000261. The minimum absolute atomic E-state index is 0. The van der Waals surface area contributed by atoms with Gasteiger partial charge in [-0.05, 0) is 35.0 Å². The summed E-state index contributed by atoms with van der Waals surface area (Å²) < 4.78 is 14.7. The van der Waals surface area contributed by atoms with E-state index in [0.717, 1.165) is 38.3 Å². The highest BCUT2D eigenvalue weighted by Crippen LogP contribution is 2.15. The van der Waals surface area contributed by atoms with Crippen LogP contribution < -0.4 is 10.6 Å². The second kappa shape index (κ2) is 10.3. The first-order chi connectivity index (χ1) is 12.6. The maximum Gasteiger partial charge on any atom is 0.245 e. The molecular weight excluding hydrogens is 373 g/mol. The molecule has 1 aliphatic rings. The predicted molar refractivity (Wildman–Crippen MR) is 101 cm³/mol. The van der Waals surface area contributed by atoms with Crippen molar-refractivity contribution in [3.63, 3.8) is 0 Å². The molecule has 1 amide bonds. The molecule has 0 aliphatic carbocycles. The largest absolute Gasteiger partial charge is 0.353 e. The Morgan fingerprint density at radius 3 is 2.63 bits per heavy atom. The van der Waals surface area contributed by atoms with Crippen molar-refractivity contribution in [3.05, 3.63) is 41.5 Å². The van der Waals surface area contributed by atoms with E-state index in [1.54, 1.807) is 19.1 Å². The van der Waals surface area contributed by atoms with Gasteiger partial charge in [0.05, 0.1) is 0 Å². The first-order valence-corrected chi connectivity index (χ1v) is 8.83. The molecule has 0 spiro atoms. The molecule has 8 nitrogen and oxygen atoms in total. The summed E-state index contributed by atoms with van der Waals surface area (Å²) in [4.78, 5) is 15.1. The standard InChI is InChI=1S/C17H24FN7O.ClH/c1-13-21-22-23-25(13)16(12-14-2-4-15(18)5-3-14)17(26)20-8-11-24-9-6-19-7-10-24;/h2-5,16,19H,6-12H2,1H3,(H,20,26);1H. The molecule has 0 saturated carbocycles. The van der Waals surface area contributed by atoms with E-state index in [2.05, 4.69) is 31.1 Å². The molecule has 148 valence electrons. The van der Waals surface area contributed by atoms with Crippen LogP contribution in [-0.2, 0) is 11.2 Å². The maximum absolute atomic E-state index is 13.1. The van der Waals surface area contributed by atoms with Gasteiger partial charge in [0.2, 0.25) is 5.91 Å². The van der Waals surface area contributed by atoms with Gasteiger partial charge in [-0.2, -0.15) is 0 Å². The van der Waals surface area contributed by atoms with E-state index in [9.17, 15) is 9.18 Å². The van der Waals surface area contributed by atoms with Gasteiger partial charge in [-0.25, -0.2) is 9.07 Å². The summed E-state index contributed by atoms with van der Waals surface area (Å²) in [5.41, 5.74) is 0.851. The van der Waals surface area contributed by atoms with E-state index in [0.29, 0.717) is 18.8 Å². The average molecular weight is 398 g/mol. The van der Waals surface area contributed by atoms with E-state index in [-0.39, 0.29) is 24.1 Å². The van der Waals surface area contributed by atoms with Gasteiger partial charge < -0.3 is 10.6 Å². The quantitative estimate of drug-likeness (QED) is 0.701. The van der Waals surface area contributed by atoms with Crippen LogP contribution in [-0.4, -0.2) is 70.3 Å². The Labute approximate surface area is 163 Å². The Bertz CT molecular complexity index is 718. The number of carbonyl (C=O) groups is 1. The van der Waals surface area contributed by atoms with Crippen molar-refractivity contribution >= 4 is 18.3 Å². The third-order valence-electron chi connectivity index (χ3n) is 4.53. The van der Waals surface area contributed by atoms with Crippen LogP contribution in [0.15, 0.2) is 24.3 Å². The average Bonchev–Trinajstić information content (AvgIpc) is 3.07. The van der Waals surface area contributed by atoms with Gasteiger partial charge in [0.1, 0.15) is 17.7 Å². The monoisotopic (exact) mass is 397 g/mol. The Morgan fingerprint density at radius 2 is 2.00 bits per heavy atom. The van der Waals surface area contributed by atoms with Gasteiger partial charge in [0, 0.05) is 45.7 Å². The van der Waals surface area contributed by atoms with E-state index >= 15 is 0 Å². The molecule has 10 heteroatoms. The van der Waals surface area contributed by atoms with E-state index in [1.807, 2.05) is 0 Å². The van der Waals surface area contributed by atoms with Crippen molar-refractivity contribution in [2.45, 2.75) is 19.4 Å². The number of hydrogen-bond acceptors (Lipinski definition) is 6. The topological polar surface area (TPSA) is 88.0 Å². The molecular formula is C17H25ClFN7O. The molecule has 2 aromatic rings. The maximum atomic E-state index is 13.1. The number of aryl methyl sites for hydroxylation is 1. The van der Waals surface area contributed by atoms with Crippen molar-refractivity contribution in [1.82, 2.24) is 35.7 Å². The van der Waals surface area contributed by atoms with Gasteiger partial charge in [0.15, 0.2) is 0 Å². The van der Waals surface area contributed by atoms with Crippen LogP contribution in [0.1, 0.15) is 17.4 Å². The second-order valence-electron chi connectivity index (χ2n) is 6.40. The Hall–Kier alpha value is -2.10. The van der Waals surface area contributed by atoms with Gasteiger partial charge in [0.25, 0.3) is 0 Å². The number of nitrogens with one attached hydrogen (secondary N) is 2. The first kappa shape index (κ1) is 21.2. The normalized spacial score (nSPS) is 15.8. The van der Waals surface area contributed by atoms with E-state index in [1.165, 1.54) is 16.8 Å². The smallest absolute Gasteiger partial charge is 0.245 e. The highest BCUT2D eigenvalue weighted by Gasteiger charge is 2.24. The molecule has 1 fully saturated rings. The van der Waals surface area contributed by atoms with Crippen LogP contribution in [0.2, 0.25) is 0 Å². The zero-order valence-corrected chi connectivity index (χ0v) is 16.1. The van der Waals surface area contributed by atoms with Gasteiger partial charge in [-0.3, -0.25) is 9.69 Å². The van der Waals surface area contributed by atoms with Gasteiger partial charge in [-0.1, -0.05) is 12.1 Å². The Kier molecular flexibility index (Phi) is 8.08. The summed E-state index contributed by atoms with van der Waals surface area (Å²) in [5, 5.41) is 17.8. The van der Waals surface area contributed by atoms with E-state index in [4.69, 9.17) is 0 Å². The first-order valence-electron chi connectivity index (χ1n) is 8.83. The molecule has 0 bridgehead atoms. The van der Waals surface area contributed by atoms with Crippen LogP contribution in [0, 0.1) is 12.7 Å². The molecule has 0 radical (unpaired) electrons. The van der Waals surface area contributed by atoms with Crippen LogP contribution in [0.25, 0.3) is 0 Å². The number of tetrazole rings is 1. The molecule has 1 atom stereocenters. The number of halogens is 2. The van der Waals surface area contributed by atoms with Crippen molar-refractivity contribution in [2.75, 3.05) is 39.3 Å². The lowest BCUT2D eigenvalue weighted by atomic mass is 10.1. The van der Waals surface area contributed by atoms with Crippen molar-refractivity contribution in [1.29, 1.82) is 0 Å². The summed E-state index contributed by atoms with van der Waals surface area (Å²) in [6, 6.07) is 5.56. The number of benzene rings is 1. The predicted octanol–water partition coefficient (Wildman–Crippen LogP) is 0.348. The summed E-state index contributed by atoms with van der Waals surface area (Å²) in [6.07, 6.45) is 0.394. The van der Waals surface area contributed by atoms with Crippen molar-refractivity contribution < 1.29 is 9.18 Å². The SMILES string of the molecule is Cc1nnnn1C(Cc1ccc(F)cc1)C(=O)NCCN1CCNCC1.Cl. The lowest BCUT2D eigenvalue weighted by Gasteiger charge is -2.27. The third kappa shape index (κ3) is 5.95. The third-order valence-corrected chi connectivity index (χ3v) is 4.53. The molecule has 27 heavy (non-hydrogen) atoms. The Morgan fingerprint density at radius 1 is 1.30 bits per heavy atom. The lowest BCUT2D eigenvalue weighted by molar-refractivity contribution is -0.124. The zero-order valence-electron chi connectivity index (χ0n) is 15.3. The van der Waals surface area contributed by atoms with Gasteiger partial charge in [-0.15, -0.1) is 17.5 Å². The molecule has 3 rings (SSSR count). The summed E-state index contributed by atoms with van der Waals surface area (Å²) in [5.74, 6) is 0.124. The second-order valence-corrected chi connectivity index (χ2v) is 6.40. The fourth-order valence-electron chi connectivity index (χ4n) is 3.05. The number of aromatic nitrogens is 4. The summed E-state index contributed by atoms with van der Waals surface area (Å²) in [7, 11) is 0. The number of carbonyl (C=O) groups excluding carboxylic acids is 1. The summed E-state index contributed by atoms with van der Waals surface area (Å²) in [6.45, 7) is 7.06. The zero-order chi connectivity index (χ0) is 18.4. The van der Waals surface area contributed by atoms with Crippen molar-refractivity contribution in [3.8, 4) is 0 Å². The highest BCUT2D eigenvalue weighted by atomic mass is 35.5. The molecule has 2 N–H and O–H groups in total. The van der Waals surface area contributed by atoms with Gasteiger partial charge >= 0.3 is 0 Å².